The Morgan fingerprint density at radius 1 is 1.53 bits per heavy atom. The Balaban J connectivity index is 3.12. The average Bonchev–Trinajstić information content (AvgIpc) is 2.35. The molecule has 0 fully saturated rings. The van der Waals surface area contributed by atoms with Gasteiger partial charge in [-0.1, -0.05) is 6.07 Å². The standard InChI is InChI=1S/C10H14N2O4S/c1-11-7-3-2-6(4-8(7)12(15)16)10(14)9(13)5-17/h2-4,9-11,13-14,17H,5H2,1H3. The van der Waals surface area contributed by atoms with Gasteiger partial charge in [0.15, 0.2) is 0 Å². The van der Waals surface area contributed by atoms with Gasteiger partial charge in [-0.05, 0) is 11.6 Å². The molecule has 3 N–H and O–H groups in total. The number of aliphatic hydroxyl groups excluding tert-OH is 2. The summed E-state index contributed by atoms with van der Waals surface area (Å²) in [5.74, 6) is 0.0722. The summed E-state index contributed by atoms with van der Waals surface area (Å²) in [7, 11) is 1.57. The van der Waals surface area contributed by atoms with Crippen molar-refractivity contribution in [1.82, 2.24) is 0 Å². The Labute approximate surface area is 104 Å². The van der Waals surface area contributed by atoms with Crippen LogP contribution in [0.2, 0.25) is 0 Å². The quantitative estimate of drug-likeness (QED) is 0.358. The smallest absolute Gasteiger partial charge is 0.292 e. The summed E-state index contributed by atoms with van der Waals surface area (Å²) in [6.45, 7) is 0. The maximum Gasteiger partial charge on any atom is 0.292 e. The first-order chi connectivity index (χ1) is 8.01. The van der Waals surface area contributed by atoms with E-state index >= 15 is 0 Å². The van der Waals surface area contributed by atoms with Gasteiger partial charge in [-0.3, -0.25) is 10.1 Å². The molecule has 0 aliphatic rings. The van der Waals surface area contributed by atoms with Crippen LogP contribution in [-0.2, 0) is 0 Å². The normalized spacial score (nSPS) is 14.1. The van der Waals surface area contributed by atoms with E-state index in [0.717, 1.165) is 0 Å². The Kier molecular flexibility index (Phi) is 4.73. The largest absolute Gasteiger partial charge is 0.389 e. The lowest BCUT2D eigenvalue weighted by Crippen LogP contribution is -2.19. The number of aliphatic hydroxyl groups is 2. The second-order valence-electron chi connectivity index (χ2n) is 3.48. The van der Waals surface area contributed by atoms with Crippen LogP contribution in [0.15, 0.2) is 18.2 Å². The predicted octanol–water partition coefficient (Wildman–Crippen LogP) is 0.961. The van der Waals surface area contributed by atoms with Crippen LogP contribution in [0.25, 0.3) is 0 Å². The molecule has 6 nitrogen and oxygen atoms in total. The summed E-state index contributed by atoms with van der Waals surface area (Å²) < 4.78 is 0. The number of thiol groups is 1. The number of hydrogen-bond acceptors (Lipinski definition) is 6. The van der Waals surface area contributed by atoms with Crippen molar-refractivity contribution < 1.29 is 15.1 Å². The van der Waals surface area contributed by atoms with Crippen molar-refractivity contribution in [2.24, 2.45) is 0 Å². The average molecular weight is 258 g/mol. The van der Waals surface area contributed by atoms with Crippen molar-refractivity contribution in [3.8, 4) is 0 Å². The fourth-order valence-corrected chi connectivity index (χ4v) is 1.62. The number of benzene rings is 1. The molecule has 2 unspecified atom stereocenters. The summed E-state index contributed by atoms with van der Waals surface area (Å²) in [6.07, 6.45) is -2.24. The van der Waals surface area contributed by atoms with E-state index in [9.17, 15) is 20.3 Å². The summed E-state index contributed by atoms with van der Waals surface area (Å²) >= 11 is 3.85. The fourth-order valence-electron chi connectivity index (χ4n) is 1.42. The van der Waals surface area contributed by atoms with Gasteiger partial charge in [0.25, 0.3) is 5.69 Å². The van der Waals surface area contributed by atoms with Gasteiger partial charge >= 0.3 is 0 Å². The van der Waals surface area contributed by atoms with Gasteiger partial charge in [-0.2, -0.15) is 12.6 Å². The van der Waals surface area contributed by atoms with Gasteiger partial charge in [0.05, 0.1) is 11.0 Å². The van der Waals surface area contributed by atoms with E-state index in [2.05, 4.69) is 17.9 Å². The van der Waals surface area contributed by atoms with Crippen molar-refractivity contribution >= 4 is 24.0 Å². The van der Waals surface area contributed by atoms with Crippen molar-refractivity contribution in [2.45, 2.75) is 12.2 Å². The maximum absolute atomic E-state index is 10.8. The Morgan fingerprint density at radius 2 is 2.18 bits per heavy atom. The Morgan fingerprint density at radius 3 is 2.65 bits per heavy atom. The molecule has 0 amide bonds. The molecule has 7 heteroatoms. The number of nitrogens with one attached hydrogen (secondary N) is 1. The second-order valence-corrected chi connectivity index (χ2v) is 3.84. The first kappa shape index (κ1) is 13.8. The number of nitro benzene ring substituents is 1. The summed E-state index contributed by atoms with van der Waals surface area (Å²) in [6, 6.07) is 4.25. The van der Waals surface area contributed by atoms with Crippen LogP contribution in [0, 0.1) is 10.1 Å². The molecule has 0 aromatic heterocycles. The van der Waals surface area contributed by atoms with Crippen LogP contribution in [0.3, 0.4) is 0 Å². The van der Waals surface area contributed by atoms with E-state index in [1.807, 2.05) is 0 Å². The Bertz CT molecular complexity index is 413. The molecule has 17 heavy (non-hydrogen) atoms. The number of nitrogens with zero attached hydrogens (tertiary/aromatic N) is 1. The number of nitro groups is 1. The molecule has 0 spiro atoms. The highest BCUT2D eigenvalue weighted by atomic mass is 32.1. The molecule has 0 saturated heterocycles. The topological polar surface area (TPSA) is 95.6 Å². The van der Waals surface area contributed by atoms with Crippen molar-refractivity contribution in [3.05, 3.63) is 33.9 Å². The van der Waals surface area contributed by atoms with E-state index in [0.29, 0.717) is 5.69 Å². The molecule has 0 heterocycles. The molecular weight excluding hydrogens is 244 g/mol. The van der Waals surface area contributed by atoms with Crippen molar-refractivity contribution in [1.29, 1.82) is 0 Å². The van der Waals surface area contributed by atoms with Crippen molar-refractivity contribution in [3.63, 3.8) is 0 Å². The molecule has 0 aliphatic carbocycles. The number of anilines is 1. The van der Waals surface area contributed by atoms with E-state index < -0.39 is 17.1 Å². The summed E-state index contributed by atoms with van der Waals surface area (Å²) in [5.41, 5.74) is 0.499. The van der Waals surface area contributed by atoms with Gasteiger partial charge in [0.1, 0.15) is 11.8 Å². The van der Waals surface area contributed by atoms with Gasteiger partial charge in [-0.15, -0.1) is 0 Å². The molecule has 1 rings (SSSR count). The molecule has 1 aromatic rings. The highest BCUT2D eigenvalue weighted by molar-refractivity contribution is 7.80. The highest BCUT2D eigenvalue weighted by Crippen LogP contribution is 2.29. The fraction of sp³-hybridized carbons (Fsp3) is 0.400. The lowest BCUT2D eigenvalue weighted by atomic mass is 10.0. The van der Waals surface area contributed by atoms with E-state index in [4.69, 9.17) is 0 Å². The van der Waals surface area contributed by atoms with Crippen LogP contribution in [-0.4, -0.2) is 34.0 Å². The summed E-state index contributed by atoms with van der Waals surface area (Å²) in [5, 5.41) is 32.6. The first-order valence-corrected chi connectivity index (χ1v) is 5.57. The Hall–Kier alpha value is -1.31. The van der Waals surface area contributed by atoms with Gasteiger partial charge in [-0.25, -0.2) is 0 Å². The van der Waals surface area contributed by atoms with E-state index in [1.54, 1.807) is 7.05 Å². The monoisotopic (exact) mass is 258 g/mol. The molecule has 1 aromatic carbocycles. The minimum atomic E-state index is -1.18. The zero-order valence-electron chi connectivity index (χ0n) is 9.20. The molecule has 0 bridgehead atoms. The highest BCUT2D eigenvalue weighted by Gasteiger charge is 2.21. The lowest BCUT2D eigenvalue weighted by Gasteiger charge is -2.16. The van der Waals surface area contributed by atoms with Gasteiger partial charge in [0.2, 0.25) is 0 Å². The number of hydrogen-bond donors (Lipinski definition) is 4. The minimum Gasteiger partial charge on any atom is -0.389 e. The zero-order chi connectivity index (χ0) is 13.0. The van der Waals surface area contributed by atoms with Crippen LogP contribution in [0.1, 0.15) is 11.7 Å². The molecule has 0 radical (unpaired) electrons. The molecule has 0 saturated carbocycles. The van der Waals surface area contributed by atoms with E-state index in [-0.39, 0.29) is 17.0 Å². The van der Waals surface area contributed by atoms with Gasteiger partial charge in [0, 0.05) is 18.9 Å². The van der Waals surface area contributed by atoms with Crippen LogP contribution >= 0.6 is 12.6 Å². The minimum absolute atomic E-state index is 0.0722. The molecule has 2 atom stereocenters. The third-order valence-electron chi connectivity index (χ3n) is 2.38. The molecular formula is C10H14N2O4S. The van der Waals surface area contributed by atoms with Crippen molar-refractivity contribution in [2.75, 3.05) is 18.1 Å². The summed E-state index contributed by atoms with van der Waals surface area (Å²) in [4.78, 5) is 10.3. The predicted molar refractivity (Wildman–Crippen MR) is 67.5 cm³/mol. The SMILES string of the molecule is CNc1ccc(C(O)C(O)CS)cc1[N+](=O)[O-]. The van der Waals surface area contributed by atoms with Crippen LogP contribution in [0.4, 0.5) is 11.4 Å². The molecule has 94 valence electrons. The third-order valence-corrected chi connectivity index (χ3v) is 2.75. The second kappa shape index (κ2) is 5.85. The maximum atomic E-state index is 10.8. The third kappa shape index (κ3) is 3.09. The molecule has 0 aliphatic heterocycles. The zero-order valence-corrected chi connectivity index (χ0v) is 10.1. The van der Waals surface area contributed by atoms with Crippen LogP contribution < -0.4 is 5.32 Å². The number of rotatable bonds is 5. The van der Waals surface area contributed by atoms with Gasteiger partial charge < -0.3 is 15.5 Å². The van der Waals surface area contributed by atoms with Crippen LogP contribution in [0.5, 0.6) is 0 Å². The van der Waals surface area contributed by atoms with E-state index in [1.165, 1.54) is 18.2 Å². The lowest BCUT2D eigenvalue weighted by molar-refractivity contribution is -0.384. The first-order valence-electron chi connectivity index (χ1n) is 4.94.